The van der Waals surface area contributed by atoms with Crippen molar-refractivity contribution in [3.8, 4) is 5.75 Å². The van der Waals surface area contributed by atoms with Crippen molar-refractivity contribution in [2.45, 2.75) is 6.92 Å². The molecule has 0 fully saturated rings. The fraction of sp³-hybridized carbons (Fsp3) is 0.167. The number of thiol groups is 1. The van der Waals surface area contributed by atoms with Gasteiger partial charge in [0.1, 0.15) is 5.75 Å². The standard InChI is InChI=1S/C12H14OS/c1-4-10(8-14)11-5-6-12(13-3)9(2)7-11/h4-8,14H,1H2,2-3H3/b10-8+. The number of allylic oxidation sites excluding steroid dienone is 2. The summed E-state index contributed by atoms with van der Waals surface area (Å²) in [5, 5.41) is 1.74. The molecular formula is C12H14OS. The summed E-state index contributed by atoms with van der Waals surface area (Å²) in [7, 11) is 1.67. The molecule has 0 aromatic heterocycles. The van der Waals surface area contributed by atoms with Gasteiger partial charge in [0.15, 0.2) is 0 Å². The molecule has 0 radical (unpaired) electrons. The quantitative estimate of drug-likeness (QED) is 0.588. The van der Waals surface area contributed by atoms with Crippen molar-refractivity contribution < 1.29 is 4.74 Å². The molecular weight excluding hydrogens is 192 g/mol. The molecule has 1 aromatic carbocycles. The first-order valence-corrected chi connectivity index (χ1v) is 4.86. The van der Waals surface area contributed by atoms with Crippen LogP contribution < -0.4 is 4.74 Å². The number of aryl methyl sites for hydroxylation is 1. The van der Waals surface area contributed by atoms with E-state index in [1.54, 1.807) is 18.6 Å². The zero-order valence-electron chi connectivity index (χ0n) is 8.45. The van der Waals surface area contributed by atoms with E-state index in [0.717, 1.165) is 22.4 Å². The van der Waals surface area contributed by atoms with Gasteiger partial charge in [0.05, 0.1) is 7.11 Å². The molecule has 0 saturated heterocycles. The average molecular weight is 206 g/mol. The summed E-state index contributed by atoms with van der Waals surface area (Å²) in [4.78, 5) is 0. The molecule has 0 aliphatic carbocycles. The maximum atomic E-state index is 5.18. The molecule has 0 spiro atoms. The molecule has 2 heteroatoms. The van der Waals surface area contributed by atoms with E-state index in [4.69, 9.17) is 4.74 Å². The average Bonchev–Trinajstić information content (AvgIpc) is 2.20. The van der Waals surface area contributed by atoms with Crippen molar-refractivity contribution in [1.29, 1.82) is 0 Å². The van der Waals surface area contributed by atoms with Crippen LogP contribution in [0.2, 0.25) is 0 Å². The number of ether oxygens (including phenoxy) is 1. The predicted molar refractivity (Wildman–Crippen MR) is 64.9 cm³/mol. The predicted octanol–water partition coefficient (Wildman–Crippen LogP) is 3.46. The Bertz CT molecular complexity index is 367. The number of methoxy groups -OCH3 is 1. The number of hydrogen-bond acceptors (Lipinski definition) is 2. The lowest BCUT2D eigenvalue weighted by molar-refractivity contribution is 0.411. The van der Waals surface area contributed by atoms with Crippen molar-refractivity contribution in [2.75, 3.05) is 7.11 Å². The van der Waals surface area contributed by atoms with Gasteiger partial charge < -0.3 is 4.74 Å². The molecule has 0 heterocycles. The van der Waals surface area contributed by atoms with Crippen LogP contribution in [0.3, 0.4) is 0 Å². The summed E-state index contributed by atoms with van der Waals surface area (Å²) >= 11 is 4.13. The summed E-state index contributed by atoms with van der Waals surface area (Å²) in [5.74, 6) is 0.899. The van der Waals surface area contributed by atoms with Gasteiger partial charge in [-0.15, -0.1) is 0 Å². The first-order chi connectivity index (χ1) is 6.72. The van der Waals surface area contributed by atoms with Crippen LogP contribution in [0.5, 0.6) is 5.75 Å². The topological polar surface area (TPSA) is 9.23 Å². The lowest BCUT2D eigenvalue weighted by Gasteiger charge is -2.07. The van der Waals surface area contributed by atoms with Crippen LogP contribution >= 0.6 is 12.6 Å². The van der Waals surface area contributed by atoms with Crippen LogP contribution in [0.4, 0.5) is 0 Å². The second kappa shape index (κ2) is 4.91. The molecule has 0 aliphatic rings. The number of rotatable bonds is 3. The van der Waals surface area contributed by atoms with Crippen molar-refractivity contribution >= 4 is 18.2 Å². The highest BCUT2D eigenvalue weighted by atomic mass is 32.1. The maximum Gasteiger partial charge on any atom is 0.121 e. The minimum Gasteiger partial charge on any atom is -0.496 e. The SMILES string of the molecule is C=C/C(=C\S)c1ccc(OC)c(C)c1. The largest absolute Gasteiger partial charge is 0.496 e. The minimum atomic E-state index is 0.899. The second-order valence-corrected chi connectivity index (χ2v) is 3.23. The van der Waals surface area contributed by atoms with Gasteiger partial charge in [0.25, 0.3) is 0 Å². The summed E-state index contributed by atoms with van der Waals surface area (Å²) in [6, 6.07) is 6.00. The highest BCUT2D eigenvalue weighted by Gasteiger charge is 2.01. The Balaban J connectivity index is 3.14. The molecule has 0 bridgehead atoms. The number of hydrogen-bond donors (Lipinski definition) is 1. The summed E-state index contributed by atoms with van der Waals surface area (Å²) in [6.07, 6.45) is 1.79. The molecule has 14 heavy (non-hydrogen) atoms. The fourth-order valence-electron chi connectivity index (χ4n) is 1.30. The van der Waals surface area contributed by atoms with Crippen LogP contribution in [-0.2, 0) is 0 Å². The molecule has 74 valence electrons. The van der Waals surface area contributed by atoms with E-state index in [1.165, 1.54) is 0 Å². The van der Waals surface area contributed by atoms with E-state index in [9.17, 15) is 0 Å². The van der Waals surface area contributed by atoms with Gasteiger partial charge in [-0.05, 0) is 41.2 Å². The molecule has 0 atom stereocenters. The van der Waals surface area contributed by atoms with Crippen molar-refractivity contribution in [1.82, 2.24) is 0 Å². The van der Waals surface area contributed by atoms with Gasteiger partial charge in [0.2, 0.25) is 0 Å². The van der Waals surface area contributed by atoms with Gasteiger partial charge in [-0.2, -0.15) is 12.6 Å². The monoisotopic (exact) mass is 206 g/mol. The van der Waals surface area contributed by atoms with E-state index >= 15 is 0 Å². The van der Waals surface area contributed by atoms with Crippen LogP contribution in [0, 0.1) is 6.92 Å². The fourth-order valence-corrected chi connectivity index (χ4v) is 1.56. The third kappa shape index (κ3) is 2.20. The summed E-state index contributed by atoms with van der Waals surface area (Å²) < 4.78 is 5.18. The van der Waals surface area contributed by atoms with Crippen LogP contribution in [0.25, 0.3) is 5.57 Å². The van der Waals surface area contributed by atoms with E-state index < -0.39 is 0 Å². The Morgan fingerprint density at radius 2 is 2.21 bits per heavy atom. The third-order valence-electron chi connectivity index (χ3n) is 2.09. The Labute approximate surface area is 90.5 Å². The van der Waals surface area contributed by atoms with Gasteiger partial charge in [-0.25, -0.2) is 0 Å². The zero-order valence-corrected chi connectivity index (χ0v) is 9.34. The van der Waals surface area contributed by atoms with Gasteiger partial charge in [0, 0.05) is 0 Å². The first kappa shape index (κ1) is 10.9. The lowest BCUT2D eigenvalue weighted by atomic mass is 10.0. The van der Waals surface area contributed by atoms with Crippen molar-refractivity contribution in [3.63, 3.8) is 0 Å². The van der Waals surface area contributed by atoms with Gasteiger partial charge in [-0.3, -0.25) is 0 Å². The highest BCUT2D eigenvalue weighted by molar-refractivity contribution is 7.83. The molecule has 0 saturated carbocycles. The smallest absolute Gasteiger partial charge is 0.121 e. The van der Waals surface area contributed by atoms with E-state index in [0.29, 0.717) is 0 Å². The van der Waals surface area contributed by atoms with Crippen molar-refractivity contribution in [2.24, 2.45) is 0 Å². The Morgan fingerprint density at radius 3 is 2.64 bits per heavy atom. The first-order valence-electron chi connectivity index (χ1n) is 4.34. The molecule has 0 N–H and O–H groups in total. The highest BCUT2D eigenvalue weighted by Crippen LogP contribution is 2.23. The van der Waals surface area contributed by atoms with Gasteiger partial charge in [-0.1, -0.05) is 18.7 Å². The normalized spacial score (nSPS) is 11.2. The molecule has 0 aliphatic heterocycles. The molecule has 1 nitrogen and oxygen atoms in total. The molecule has 1 aromatic rings. The number of benzene rings is 1. The van der Waals surface area contributed by atoms with Crippen molar-refractivity contribution in [3.05, 3.63) is 47.4 Å². The maximum absolute atomic E-state index is 5.18. The van der Waals surface area contributed by atoms with E-state index in [2.05, 4.69) is 25.3 Å². The van der Waals surface area contributed by atoms with E-state index in [-0.39, 0.29) is 0 Å². The van der Waals surface area contributed by atoms with Crippen LogP contribution in [-0.4, -0.2) is 7.11 Å². The Morgan fingerprint density at radius 1 is 1.50 bits per heavy atom. The van der Waals surface area contributed by atoms with Gasteiger partial charge >= 0.3 is 0 Å². The summed E-state index contributed by atoms with van der Waals surface area (Å²) in [5.41, 5.74) is 3.23. The Hall–Kier alpha value is -1.15. The summed E-state index contributed by atoms with van der Waals surface area (Å²) in [6.45, 7) is 5.75. The zero-order chi connectivity index (χ0) is 10.6. The minimum absolute atomic E-state index is 0.899. The lowest BCUT2D eigenvalue weighted by Crippen LogP contribution is -1.88. The second-order valence-electron chi connectivity index (χ2n) is 2.97. The van der Waals surface area contributed by atoms with E-state index in [1.807, 2.05) is 19.1 Å². The third-order valence-corrected chi connectivity index (χ3v) is 2.37. The molecule has 1 rings (SSSR count). The molecule has 0 amide bonds. The Kier molecular flexibility index (Phi) is 3.84. The van der Waals surface area contributed by atoms with Crippen LogP contribution in [0.15, 0.2) is 36.3 Å². The van der Waals surface area contributed by atoms with Crippen LogP contribution in [0.1, 0.15) is 11.1 Å². The molecule has 0 unspecified atom stereocenters.